The summed E-state index contributed by atoms with van der Waals surface area (Å²) in [5, 5.41) is 9.81. The first-order valence-electron chi connectivity index (χ1n) is 8.46. The predicted octanol–water partition coefficient (Wildman–Crippen LogP) is 5.37. The van der Waals surface area contributed by atoms with Crippen LogP contribution < -0.4 is 0 Å². The molecule has 4 atom stereocenters. The first-order valence-corrected chi connectivity index (χ1v) is 8.46. The number of carbonyl (C=O) groups is 1. The van der Waals surface area contributed by atoms with E-state index in [9.17, 15) is 9.90 Å². The number of carboxylic acids is 1. The molecule has 2 aliphatic rings. The maximum atomic E-state index is 11.9. The van der Waals surface area contributed by atoms with Crippen LogP contribution >= 0.6 is 0 Å². The van der Waals surface area contributed by atoms with Crippen molar-refractivity contribution in [3.05, 3.63) is 36.5 Å². The second-order valence-corrected chi connectivity index (χ2v) is 7.77. The Morgan fingerprint density at radius 2 is 2.09 bits per heavy atom. The Balaban J connectivity index is 2.36. The molecule has 0 radical (unpaired) electrons. The molecule has 2 fully saturated rings. The smallest absolute Gasteiger partial charge is 0.309 e. The summed E-state index contributed by atoms with van der Waals surface area (Å²) in [4.78, 5) is 11.9. The first-order chi connectivity index (χ1) is 10.3. The van der Waals surface area contributed by atoms with Crippen LogP contribution in [0.25, 0.3) is 0 Å². The number of fused-ring (bicyclic) bond motifs is 1. The lowest BCUT2D eigenvalue weighted by atomic mass is 9.46. The van der Waals surface area contributed by atoms with Gasteiger partial charge in [0.2, 0.25) is 0 Å². The summed E-state index contributed by atoms with van der Waals surface area (Å²) >= 11 is 0. The van der Waals surface area contributed by atoms with Gasteiger partial charge in [-0.25, -0.2) is 0 Å². The summed E-state index contributed by atoms with van der Waals surface area (Å²) < 4.78 is 0. The van der Waals surface area contributed by atoms with Gasteiger partial charge in [-0.2, -0.15) is 0 Å². The van der Waals surface area contributed by atoms with Gasteiger partial charge in [-0.05, 0) is 63.2 Å². The van der Waals surface area contributed by atoms with E-state index in [1.54, 1.807) is 0 Å². The minimum absolute atomic E-state index is 0.0542. The van der Waals surface area contributed by atoms with Crippen molar-refractivity contribution in [2.24, 2.45) is 22.7 Å². The third kappa shape index (κ3) is 2.68. The number of rotatable bonds is 4. The van der Waals surface area contributed by atoms with Crippen LogP contribution in [0.5, 0.6) is 0 Å². The van der Waals surface area contributed by atoms with Gasteiger partial charge in [0.25, 0.3) is 0 Å². The van der Waals surface area contributed by atoms with Crippen LogP contribution in [0.2, 0.25) is 0 Å². The molecule has 2 rings (SSSR count). The fourth-order valence-corrected chi connectivity index (χ4v) is 5.03. The monoisotopic (exact) mass is 302 g/mol. The highest BCUT2D eigenvalue weighted by atomic mass is 16.4. The number of aliphatic carboxylic acids is 1. The zero-order chi connectivity index (χ0) is 16.5. The van der Waals surface area contributed by atoms with Crippen LogP contribution in [-0.4, -0.2) is 11.1 Å². The zero-order valence-electron chi connectivity index (χ0n) is 14.3. The molecular formula is C20H30O2. The minimum atomic E-state index is -0.618. The van der Waals surface area contributed by atoms with Crippen LogP contribution in [0, 0.1) is 22.7 Å². The van der Waals surface area contributed by atoms with E-state index in [0.29, 0.717) is 5.92 Å². The summed E-state index contributed by atoms with van der Waals surface area (Å²) in [6.45, 7) is 14.5. The standard InChI is InChI=1S/C20H30O2/c1-6-14(2)8-10-16-15(3)9-11-17-19(16,4)12-7-13-20(17,5)18(21)22/h6,8,16-17H,1,3,7,9-13H2,2,4-5H3,(H,21,22)/b14-8+/t16-,17-,19+,20-/m0/s1. The number of hydrogen-bond acceptors (Lipinski definition) is 1. The molecule has 2 aliphatic carbocycles. The highest BCUT2D eigenvalue weighted by Crippen LogP contribution is 2.61. The molecule has 0 aromatic carbocycles. The van der Waals surface area contributed by atoms with Crippen molar-refractivity contribution in [3.63, 3.8) is 0 Å². The van der Waals surface area contributed by atoms with Crippen LogP contribution in [0.1, 0.15) is 59.3 Å². The predicted molar refractivity (Wildman–Crippen MR) is 91.6 cm³/mol. The van der Waals surface area contributed by atoms with Gasteiger partial charge in [0.1, 0.15) is 0 Å². The van der Waals surface area contributed by atoms with Gasteiger partial charge < -0.3 is 5.11 Å². The summed E-state index contributed by atoms with van der Waals surface area (Å²) in [5.74, 6) is 0.0202. The van der Waals surface area contributed by atoms with Crippen molar-refractivity contribution >= 4 is 5.97 Å². The summed E-state index contributed by atoms with van der Waals surface area (Å²) in [7, 11) is 0. The van der Waals surface area contributed by atoms with Crippen molar-refractivity contribution < 1.29 is 9.90 Å². The van der Waals surface area contributed by atoms with E-state index < -0.39 is 11.4 Å². The zero-order valence-corrected chi connectivity index (χ0v) is 14.3. The molecule has 0 unspecified atom stereocenters. The molecule has 2 nitrogen and oxygen atoms in total. The number of hydrogen-bond donors (Lipinski definition) is 1. The minimum Gasteiger partial charge on any atom is -0.481 e. The van der Waals surface area contributed by atoms with E-state index in [2.05, 4.69) is 33.1 Å². The van der Waals surface area contributed by atoms with Crippen LogP contribution in [-0.2, 0) is 4.79 Å². The SMILES string of the molecule is C=C/C(C)=C/C[C@H]1C(=C)CC[C@H]2[C@]1(C)CCC[C@]2(C)C(=O)O. The molecule has 122 valence electrons. The lowest BCUT2D eigenvalue weighted by molar-refractivity contribution is -0.164. The van der Waals surface area contributed by atoms with Crippen LogP contribution in [0.15, 0.2) is 36.5 Å². The van der Waals surface area contributed by atoms with Crippen molar-refractivity contribution in [3.8, 4) is 0 Å². The average Bonchev–Trinajstić information content (AvgIpc) is 2.45. The topological polar surface area (TPSA) is 37.3 Å². The van der Waals surface area contributed by atoms with Crippen molar-refractivity contribution in [2.45, 2.75) is 59.3 Å². The van der Waals surface area contributed by atoms with Crippen molar-refractivity contribution in [2.75, 3.05) is 0 Å². The van der Waals surface area contributed by atoms with Crippen LogP contribution in [0.3, 0.4) is 0 Å². The second kappa shape index (κ2) is 6.06. The van der Waals surface area contributed by atoms with Gasteiger partial charge in [0, 0.05) is 0 Å². The molecular weight excluding hydrogens is 272 g/mol. The fraction of sp³-hybridized carbons (Fsp3) is 0.650. The Morgan fingerprint density at radius 3 is 2.68 bits per heavy atom. The van der Waals surface area contributed by atoms with E-state index in [4.69, 9.17) is 0 Å². The van der Waals surface area contributed by atoms with E-state index in [-0.39, 0.29) is 11.3 Å². The molecule has 0 amide bonds. The molecule has 0 heterocycles. The van der Waals surface area contributed by atoms with Gasteiger partial charge in [-0.15, -0.1) is 0 Å². The largest absolute Gasteiger partial charge is 0.481 e. The molecule has 0 bridgehead atoms. The summed E-state index contributed by atoms with van der Waals surface area (Å²) in [6, 6.07) is 0. The lowest BCUT2D eigenvalue weighted by Gasteiger charge is -2.57. The van der Waals surface area contributed by atoms with Gasteiger partial charge >= 0.3 is 5.97 Å². The van der Waals surface area contributed by atoms with Crippen LogP contribution in [0.4, 0.5) is 0 Å². The molecule has 22 heavy (non-hydrogen) atoms. The normalized spacial score (nSPS) is 39.2. The number of carboxylic acid groups (broad SMARTS) is 1. The third-order valence-corrected chi connectivity index (χ3v) is 6.51. The van der Waals surface area contributed by atoms with Gasteiger partial charge in [0.05, 0.1) is 5.41 Å². The summed E-state index contributed by atoms with van der Waals surface area (Å²) in [5.41, 5.74) is 1.97. The van der Waals surface area contributed by atoms with E-state index in [0.717, 1.165) is 38.5 Å². The summed E-state index contributed by atoms with van der Waals surface area (Å²) in [6.07, 6.45) is 9.95. The maximum Gasteiger partial charge on any atom is 0.309 e. The van der Waals surface area contributed by atoms with Crippen molar-refractivity contribution in [1.82, 2.24) is 0 Å². The molecule has 0 aromatic rings. The maximum absolute atomic E-state index is 11.9. The Kier molecular flexibility index (Phi) is 4.70. The molecule has 0 aromatic heterocycles. The van der Waals surface area contributed by atoms with E-state index in [1.807, 2.05) is 13.0 Å². The van der Waals surface area contributed by atoms with Crippen molar-refractivity contribution in [1.29, 1.82) is 0 Å². The molecule has 2 heteroatoms. The fourth-order valence-electron chi connectivity index (χ4n) is 5.03. The molecule has 1 N–H and O–H groups in total. The molecule has 0 aliphatic heterocycles. The highest BCUT2D eigenvalue weighted by molar-refractivity contribution is 5.75. The Labute approximate surface area is 135 Å². The highest BCUT2D eigenvalue weighted by Gasteiger charge is 2.57. The molecule has 0 saturated heterocycles. The van der Waals surface area contributed by atoms with Gasteiger partial charge in [0.15, 0.2) is 0 Å². The van der Waals surface area contributed by atoms with Gasteiger partial charge in [-0.3, -0.25) is 4.79 Å². The Hall–Kier alpha value is -1.31. The van der Waals surface area contributed by atoms with E-state index >= 15 is 0 Å². The van der Waals surface area contributed by atoms with Gasteiger partial charge in [-0.1, -0.05) is 49.8 Å². The quantitative estimate of drug-likeness (QED) is 0.559. The second-order valence-electron chi connectivity index (χ2n) is 7.77. The molecule has 2 saturated carbocycles. The molecule has 0 spiro atoms. The Morgan fingerprint density at radius 1 is 1.41 bits per heavy atom. The average molecular weight is 302 g/mol. The first kappa shape index (κ1) is 17.1. The lowest BCUT2D eigenvalue weighted by Crippen LogP contribution is -2.53. The Bertz CT molecular complexity index is 516. The number of allylic oxidation sites excluding steroid dienone is 4. The van der Waals surface area contributed by atoms with E-state index in [1.165, 1.54) is 11.1 Å². The third-order valence-electron chi connectivity index (χ3n) is 6.51.